The smallest absolute Gasteiger partial charge is 0.0626 e. The summed E-state index contributed by atoms with van der Waals surface area (Å²) in [5.74, 6) is 0. The first-order valence-electron chi connectivity index (χ1n) is 6.43. The molecule has 96 valence electrons. The van der Waals surface area contributed by atoms with E-state index in [0.29, 0.717) is 0 Å². The zero-order chi connectivity index (χ0) is 12.9. The van der Waals surface area contributed by atoms with Crippen LogP contribution in [0.15, 0.2) is 24.3 Å². The van der Waals surface area contributed by atoms with E-state index in [1.165, 1.54) is 5.56 Å². The minimum atomic E-state index is 0.0592. The second kappa shape index (κ2) is 6.18. The fraction of sp³-hybridized carbons (Fsp3) is 0.600. The maximum atomic E-state index is 9.37. The summed E-state index contributed by atoms with van der Waals surface area (Å²) in [6.07, 6.45) is 1.08. The molecule has 0 aliphatic carbocycles. The molecule has 0 heterocycles. The molecule has 0 aromatic heterocycles. The van der Waals surface area contributed by atoms with E-state index in [1.807, 2.05) is 0 Å². The molecule has 2 N–H and O–H groups in total. The normalized spacial score (nSPS) is 13.7. The predicted octanol–water partition coefficient (Wildman–Crippen LogP) is 3.02. The largest absolute Gasteiger partial charge is 0.394 e. The van der Waals surface area contributed by atoms with Crippen molar-refractivity contribution in [2.75, 3.05) is 13.2 Å². The molecule has 0 bridgehead atoms. The standard InChI is InChI=1S/C15H25NO/c1-5-10-16-14(11-17)12-6-8-13(9-7-12)15(2,3)4/h6-9,14,16-17H,5,10-11H2,1-4H3. The van der Waals surface area contributed by atoms with E-state index < -0.39 is 0 Å². The summed E-state index contributed by atoms with van der Waals surface area (Å²) >= 11 is 0. The molecule has 1 aromatic carbocycles. The first kappa shape index (κ1) is 14.2. The number of aliphatic hydroxyl groups is 1. The van der Waals surface area contributed by atoms with Gasteiger partial charge in [0.25, 0.3) is 0 Å². The van der Waals surface area contributed by atoms with Gasteiger partial charge < -0.3 is 10.4 Å². The highest BCUT2D eigenvalue weighted by atomic mass is 16.3. The van der Waals surface area contributed by atoms with Crippen LogP contribution in [0.25, 0.3) is 0 Å². The van der Waals surface area contributed by atoms with Crippen molar-refractivity contribution < 1.29 is 5.11 Å². The van der Waals surface area contributed by atoms with E-state index in [9.17, 15) is 5.11 Å². The average Bonchev–Trinajstić information content (AvgIpc) is 2.29. The Morgan fingerprint density at radius 3 is 2.18 bits per heavy atom. The van der Waals surface area contributed by atoms with Gasteiger partial charge in [-0.2, -0.15) is 0 Å². The molecule has 2 nitrogen and oxygen atoms in total. The molecule has 0 aliphatic heterocycles. The van der Waals surface area contributed by atoms with Crippen LogP contribution >= 0.6 is 0 Å². The van der Waals surface area contributed by atoms with E-state index >= 15 is 0 Å². The van der Waals surface area contributed by atoms with Gasteiger partial charge in [0.2, 0.25) is 0 Å². The quantitative estimate of drug-likeness (QED) is 0.822. The van der Waals surface area contributed by atoms with Crippen LogP contribution in [0.4, 0.5) is 0 Å². The lowest BCUT2D eigenvalue weighted by Gasteiger charge is -2.21. The highest BCUT2D eigenvalue weighted by Gasteiger charge is 2.14. The van der Waals surface area contributed by atoms with Crippen molar-refractivity contribution in [3.8, 4) is 0 Å². The topological polar surface area (TPSA) is 32.3 Å². The van der Waals surface area contributed by atoms with Crippen molar-refractivity contribution >= 4 is 0 Å². The fourth-order valence-corrected chi connectivity index (χ4v) is 1.82. The van der Waals surface area contributed by atoms with Crippen molar-refractivity contribution in [3.05, 3.63) is 35.4 Å². The van der Waals surface area contributed by atoms with Gasteiger partial charge in [-0.25, -0.2) is 0 Å². The van der Waals surface area contributed by atoms with E-state index in [1.54, 1.807) is 0 Å². The molecule has 0 amide bonds. The lowest BCUT2D eigenvalue weighted by atomic mass is 9.86. The molecular weight excluding hydrogens is 210 g/mol. The predicted molar refractivity (Wildman–Crippen MR) is 73.3 cm³/mol. The van der Waals surface area contributed by atoms with Crippen molar-refractivity contribution in [2.24, 2.45) is 0 Å². The molecule has 1 atom stereocenters. The summed E-state index contributed by atoms with van der Waals surface area (Å²) in [7, 11) is 0. The van der Waals surface area contributed by atoms with Gasteiger partial charge in [-0.1, -0.05) is 52.0 Å². The Hall–Kier alpha value is -0.860. The van der Waals surface area contributed by atoms with Crippen LogP contribution in [-0.2, 0) is 5.41 Å². The van der Waals surface area contributed by atoms with Gasteiger partial charge in [0.05, 0.1) is 12.6 Å². The summed E-state index contributed by atoms with van der Waals surface area (Å²) in [5, 5.41) is 12.7. The molecule has 1 rings (SSSR count). The Labute approximate surface area is 105 Å². The Kier molecular flexibility index (Phi) is 5.16. The van der Waals surface area contributed by atoms with Crippen LogP contribution in [0, 0.1) is 0 Å². The molecule has 0 spiro atoms. The maximum Gasteiger partial charge on any atom is 0.0626 e. The van der Waals surface area contributed by atoms with E-state index in [-0.39, 0.29) is 18.1 Å². The first-order chi connectivity index (χ1) is 7.99. The molecule has 2 heteroatoms. The lowest BCUT2D eigenvalue weighted by molar-refractivity contribution is 0.245. The second-order valence-electron chi connectivity index (χ2n) is 5.56. The van der Waals surface area contributed by atoms with Gasteiger partial charge in [-0.15, -0.1) is 0 Å². The van der Waals surface area contributed by atoms with E-state index in [4.69, 9.17) is 0 Å². The van der Waals surface area contributed by atoms with Gasteiger partial charge in [0, 0.05) is 0 Å². The zero-order valence-corrected chi connectivity index (χ0v) is 11.5. The molecular formula is C15H25NO. The summed E-state index contributed by atoms with van der Waals surface area (Å²) in [5.41, 5.74) is 2.67. The SMILES string of the molecule is CCCNC(CO)c1ccc(C(C)(C)C)cc1. The summed E-state index contributed by atoms with van der Waals surface area (Å²) in [6, 6.07) is 8.61. The van der Waals surface area contributed by atoms with Crippen LogP contribution in [0.5, 0.6) is 0 Å². The fourth-order valence-electron chi connectivity index (χ4n) is 1.82. The van der Waals surface area contributed by atoms with Crippen LogP contribution in [0.1, 0.15) is 51.3 Å². The zero-order valence-electron chi connectivity index (χ0n) is 11.5. The molecule has 0 saturated heterocycles. The van der Waals surface area contributed by atoms with Gasteiger partial charge in [0.15, 0.2) is 0 Å². The maximum absolute atomic E-state index is 9.37. The minimum Gasteiger partial charge on any atom is -0.394 e. The molecule has 0 aliphatic rings. The van der Waals surface area contributed by atoms with Crippen LogP contribution < -0.4 is 5.32 Å². The minimum absolute atomic E-state index is 0.0592. The number of hydrogen-bond donors (Lipinski definition) is 2. The highest BCUT2D eigenvalue weighted by Crippen LogP contribution is 2.23. The molecule has 0 radical (unpaired) electrons. The van der Waals surface area contributed by atoms with E-state index in [2.05, 4.69) is 57.3 Å². The molecule has 17 heavy (non-hydrogen) atoms. The molecule has 1 unspecified atom stereocenters. The Morgan fingerprint density at radius 1 is 1.18 bits per heavy atom. The van der Waals surface area contributed by atoms with Crippen LogP contribution in [0.2, 0.25) is 0 Å². The third kappa shape index (κ3) is 4.14. The molecule has 0 fully saturated rings. The highest BCUT2D eigenvalue weighted by molar-refractivity contribution is 5.29. The number of nitrogens with one attached hydrogen (secondary N) is 1. The third-order valence-corrected chi connectivity index (χ3v) is 3.00. The Balaban J connectivity index is 2.78. The number of hydrogen-bond acceptors (Lipinski definition) is 2. The van der Waals surface area contributed by atoms with Gasteiger partial charge in [0.1, 0.15) is 0 Å². The second-order valence-corrected chi connectivity index (χ2v) is 5.56. The van der Waals surface area contributed by atoms with Gasteiger partial charge >= 0.3 is 0 Å². The summed E-state index contributed by atoms with van der Waals surface area (Å²) in [6.45, 7) is 9.84. The third-order valence-electron chi connectivity index (χ3n) is 3.00. The Bertz CT molecular complexity index is 324. The average molecular weight is 235 g/mol. The van der Waals surface area contributed by atoms with E-state index in [0.717, 1.165) is 18.5 Å². The van der Waals surface area contributed by atoms with Crippen LogP contribution in [-0.4, -0.2) is 18.3 Å². The lowest BCUT2D eigenvalue weighted by Crippen LogP contribution is -2.25. The van der Waals surface area contributed by atoms with Gasteiger partial charge in [-0.3, -0.25) is 0 Å². The number of aliphatic hydroxyl groups excluding tert-OH is 1. The summed E-state index contributed by atoms with van der Waals surface area (Å²) < 4.78 is 0. The Morgan fingerprint density at radius 2 is 1.76 bits per heavy atom. The molecule has 0 saturated carbocycles. The van der Waals surface area contributed by atoms with Gasteiger partial charge in [-0.05, 0) is 29.5 Å². The molecule has 1 aromatic rings. The summed E-state index contributed by atoms with van der Waals surface area (Å²) in [4.78, 5) is 0. The van der Waals surface area contributed by atoms with Crippen molar-refractivity contribution in [1.82, 2.24) is 5.32 Å². The monoisotopic (exact) mass is 235 g/mol. The van der Waals surface area contributed by atoms with Crippen molar-refractivity contribution in [2.45, 2.75) is 45.6 Å². The van der Waals surface area contributed by atoms with Crippen molar-refractivity contribution in [3.63, 3.8) is 0 Å². The number of benzene rings is 1. The van der Waals surface area contributed by atoms with Crippen LogP contribution in [0.3, 0.4) is 0 Å². The first-order valence-corrected chi connectivity index (χ1v) is 6.43. The van der Waals surface area contributed by atoms with Crippen molar-refractivity contribution in [1.29, 1.82) is 0 Å². The number of rotatable bonds is 5.